The van der Waals surface area contributed by atoms with Crippen LogP contribution in [0.5, 0.6) is 0 Å². The minimum Gasteiger partial charge on any atom is -0.232 e. The van der Waals surface area contributed by atoms with Crippen LogP contribution in [-0.4, -0.2) is 0 Å². The Hall–Kier alpha value is -0.820. The monoisotopic (exact) mass is 191 g/mol. The molecule has 1 heteroatoms. The second kappa shape index (κ2) is 4.61. The molecule has 1 radical (unpaired) electrons. The third-order valence-electron chi connectivity index (χ3n) is 2.64. The van der Waals surface area contributed by atoms with E-state index < -0.39 is 0 Å². The Morgan fingerprint density at radius 1 is 1.00 bits per heavy atom. The molecule has 0 atom stereocenters. The quantitative estimate of drug-likeness (QED) is 0.691. The van der Waals surface area contributed by atoms with Crippen LogP contribution >= 0.6 is 0 Å². The number of hydrogen-bond acceptors (Lipinski definition) is 0. The molecule has 0 aromatic heterocycles. The molecule has 1 aromatic carbocycles. The smallest absolute Gasteiger partial charge is 0.108 e. The molecule has 0 aliphatic heterocycles. The van der Waals surface area contributed by atoms with Crippen molar-refractivity contribution in [2.75, 3.05) is 0 Å². The van der Waals surface area contributed by atoms with Gasteiger partial charge in [-0.3, -0.25) is 0 Å². The highest BCUT2D eigenvalue weighted by atomic mass is 16.3. The summed E-state index contributed by atoms with van der Waals surface area (Å²) in [6.07, 6.45) is 0. The lowest BCUT2D eigenvalue weighted by molar-refractivity contribution is 0.175. The highest BCUT2D eigenvalue weighted by Crippen LogP contribution is 2.27. The van der Waals surface area contributed by atoms with E-state index in [4.69, 9.17) is 0 Å². The molecular formula is C13H19O. The number of benzene rings is 1. The third kappa shape index (κ3) is 2.16. The second-order valence-corrected chi connectivity index (χ2v) is 4.37. The minimum absolute atomic E-state index is 0.0954. The first kappa shape index (κ1) is 11.3. The molecule has 0 unspecified atom stereocenters. The molecule has 1 rings (SSSR count). The Balaban J connectivity index is 3.25. The summed E-state index contributed by atoms with van der Waals surface area (Å²) in [6.45, 7) is 8.45. The molecule has 0 fully saturated rings. The first-order valence-electron chi connectivity index (χ1n) is 5.27. The maximum Gasteiger partial charge on any atom is 0.108 e. The van der Waals surface area contributed by atoms with Crippen molar-refractivity contribution < 1.29 is 5.11 Å². The van der Waals surface area contributed by atoms with Gasteiger partial charge in [0.25, 0.3) is 0 Å². The van der Waals surface area contributed by atoms with Gasteiger partial charge in [-0.25, -0.2) is 5.11 Å². The average Bonchev–Trinajstić information content (AvgIpc) is 2.16. The molecule has 0 bridgehead atoms. The van der Waals surface area contributed by atoms with Gasteiger partial charge >= 0.3 is 0 Å². The predicted molar refractivity (Wildman–Crippen MR) is 59.0 cm³/mol. The highest BCUT2D eigenvalue weighted by Gasteiger charge is 2.12. The molecule has 0 spiro atoms. The van der Waals surface area contributed by atoms with Crippen molar-refractivity contribution in [3.63, 3.8) is 0 Å². The molecule has 77 valence electrons. The van der Waals surface area contributed by atoms with E-state index in [1.165, 1.54) is 11.1 Å². The van der Waals surface area contributed by atoms with Crippen LogP contribution in [0, 0.1) is 0 Å². The van der Waals surface area contributed by atoms with Crippen LogP contribution < -0.4 is 0 Å². The lowest BCUT2D eigenvalue weighted by Gasteiger charge is -2.17. The fraction of sp³-hybridized carbons (Fsp3) is 0.538. The van der Waals surface area contributed by atoms with Gasteiger partial charge in [-0.15, -0.1) is 0 Å². The van der Waals surface area contributed by atoms with E-state index >= 15 is 0 Å². The van der Waals surface area contributed by atoms with Crippen molar-refractivity contribution in [1.29, 1.82) is 0 Å². The van der Waals surface area contributed by atoms with E-state index in [-0.39, 0.29) is 6.61 Å². The molecule has 14 heavy (non-hydrogen) atoms. The molecule has 1 aromatic rings. The molecule has 0 saturated heterocycles. The van der Waals surface area contributed by atoms with E-state index in [2.05, 4.69) is 45.9 Å². The van der Waals surface area contributed by atoms with Crippen molar-refractivity contribution in [3.05, 3.63) is 34.9 Å². The van der Waals surface area contributed by atoms with Gasteiger partial charge in [0.05, 0.1) is 0 Å². The molecule has 0 aliphatic rings. The van der Waals surface area contributed by atoms with Gasteiger partial charge in [0.1, 0.15) is 6.61 Å². The summed E-state index contributed by atoms with van der Waals surface area (Å²) >= 11 is 0. The van der Waals surface area contributed by atoms with E-state index in [0.29, 0.717) is 11.8 Å². The minimum atomic E-state index is -0.0954. The summed E-state index contributed by atoms with van der Waals surface area (Å²) in [6, 6.07) is 6.21. The third-order valence-corrected chi connectivity index (χ3v) is 2.64. The summed E-state index contributed by atoms with van der Waals surface area (Å²) in [4.78, 5) is 0. The lowest BCUT2D eigenvalue weighted by atomic mass is 9.89. The van der Waals surface area contributed by atoms with Gasteiger partial charge in [0, 0.05) is 0 Å². The largest absolute Gasteiger partial charge is 0.232 e. The normalized spacial score (nSPS) is 11.4. The van der Waals surface area contributed by atoms with Crippen LogP contribution in [0.1, 0.15) is 56.2 Å². The molecule has 1 nitrogen and oxygen atoms in total. The molecule has 0 amide bonds. The SMILES string of the molecule is CC(C)c1cccc(C(C)C)c1C[O]. The van der Waals surface area contributed by atoms with Gasteiger partial charge in [-0.1, -0.05) is 45.9 Å². The van der Waals surface area contributed by atoms with Gasteiger partial charge in [0.15, 0.2) is 0 Å². The van der Waals surface area contributed by atoms with E-state index in [1.54, 1.807) is 0 Å². The topological polar surface area (TPSA) is 19.9 Å². The maximum absolute atomic E-state index is 11.2. The molecular weight excluding hydrogens is 172 g/mol. The fourth-order valence-corrected chi connectivity index (χ4v) is 1.87. The Morgan fingerprint density at radius 3 is 1.71 bits per heavy atom. The standard InChI is InChI=1S/C13H19O/c1-9(2)11-6-5-7-12(10(3)4)13(11)8-14/h5-7,9-10H,8H2,1-4H3. The van der Waals surface area contributed by atoms with Crippen LogP contribution in [-0.2, 0) is 11.7 Å². The average molecular weight is 191 g/mol. The molecule has 0 N–H and O–H groups in total. The maximum atomic E-state index is 11.2. The lowest BCUT2D eigenvalue weighted by Crippen LogP contribution is -2.02. The van der Waals surface area contributed by atoms with Crippen LogP contribution in [0.3, 0.4) is 0 Å². The van der Waals surface area contributed by atoms with Crippen molar-refractivity contribution in [2.24, 2.45) is 0 Å². The summed E-state index contributed by atoms with van der Waals surface area (Å²) < 4.78 is 0. The number of hydrogen-bond donors (Lipinski definition) is 0. The first-order chi connectivity index (χ1) is 6.57. The van der Waals surface area contributed by atoms with Crippen molar-refractivity contribution in [1.82, 2.24) is 0 Å². The summed E-state index contributed by atoms with van der Waals surface area (Å²) in [5.74, 6) is 0.885. The van der Waals surface area contributed by atoms with Crippen LogP contribution in [0.2, 0.25) is 0 Å². The first-order valence-corrected chi connectivity index (χ1v) is 5.27. The zero-order chi connectivity index (χ0) is 10.7. The molecule has 0 aliphatic carbocycles. The zero-order valence-electron chi connectivity index (χ0n) is 9.50. The Kier molecular flexibility index (Phi) is 3.70. The highest BCUT2D eigenvalue weighted by molar-refractivity contribution is 5.38. The van der Waals surface area contributed by atoms with Gasteiger partial charge < -0.3 is 0 Å². The fourth-order valence-electron chi connectivity index (χ4n) is 1.87. The van der Waals surface area contributed by atoms with E-state index in [9.17, 15) is 5.11 Å². The van der Waals surface area contributed by atoms with Gasteiger partial charge in [0.2, 0.25) is 0 Å². The molecule has 0 heterocycles. The van der Waals surface area contributed by atoms with Gasteiger partial charge in [-0.2, -0.15) is 0 Å². The summed E-state index contributed by atoms with van der Waals surface area (Å²) in [5.41, 5.74) is 3.44. The Morgan fingerprint density at radius 2 is 1.43 bits per heavy atom. The number of rotatable bonds is 3. The predicted octanol–water partition coefficient (Wildman–Crippen LogP) is 3.86. The Labute approximate surface area is 86.8 Å². The van der Waals surface area contributed by atoms with Crippen LogP contribution in [0.25, 0.3) is 0 Å². The van der Waals surface area contributed by atoms with E-state index in [1.807, 2.05) is 0 Å². The van der Waals surface area contributed by atoms with Crippen molar-refractivity contribution in [2.45, 2.75) is 46.1 Å². The van der Waals surface area contributed by atoms with Gasteiger partial charge in [-0.05, 0) is 28.5 Å². The zero-order valence-corrected chi connectivity index (χ0v) is 9.50. The van der Waals surface area contributed by atoms with Crippen molar-refractivity contribution in [3.8, 4) is 0 Å². The molecule has 0 saturated carbocycles. The Bertz CT molecular complexity index is 274. The van der Waals surface area contributed by atoms with Crippen LogP contribution in [0.4, 0.5) is 0 Å². The van der Waals surface area contributed by atoms with E-state index in [0.717, 1.165) is 5.56 Å². The summed E-state index contributed by atoms with van der Waals surface area (Å²) in [5, 5.41) is 11.2. The van der Waals surface area contributed by atoms with Crippen molar-refractivity contribution >= 4 is 0 Å². The second-order valence-electron chi connectivity index (χ2n) is 4.37. The van der Waals surface area contributed by atoms with Crippen LogP contribution in [0.15, 0.2) is 18.2 Å². The summed E-state index contributed by atoms with van der Waals surface area (Å²) in [7, 11) is 0.